The lowest BCUT2D eigenvalue weighted by Gasteiger charge is -2.33. The molecular weight excluding hydrogens is 908 g/mol. The van der Waals surface area contributed by atoms with Crippen LogP contribution in [0.4, 0.5) is 0 Å². The van der Waals surface area contributed by atoms with Crippen molar-refractivity contribution < 1.29 is 4.79 Å². The minimum Gasteiger partial charge on any atom is -0.296 e. The van der Waals surface area contributed by atoms with E-state index in [1.165, 1.54) is 0 Å². The third-order valence-corrected chi connectivity index (χ3v) is 12.0. The third-order valence-electron chi connectivity index (χ3n) is 7.96. The third kappa shape index (κ3) is 6.70. The SMILES string of the molecule is CC(Br)(C(=O)C(C)(Br)c1cc(-c2ccc(Cl)c(Cl)c2)nc2c(Cl)cc(Cl)cc12)c1cc(-c2ccc(Cl)c(Cl)c2)nc2c(Cl)cc(Cl)cc12. The zero-order valence-corrected chi connectivity index (χ0v) is 33.7. The van der Waals surface area contributed by atoms with Crippen molar-refractivity contribution in [3.8, 4) is 22.5 Å². The first-order valence-electron chi connectivity index (χ1n) is 13.9. The molecule has 6 rings (SSSR count). The maximum absolute atomic E-state index is 15.1. The number of alkyl halides is 2. The normalized spacial score (nSPS) is 14.2. The summed E-state index contributed by atoms with van der Waals surface area (Å²) < 4.78 is -2.71. The Balaban J connectivity index is 1.59. The van der Waals surface area contributed by atoms with Gasteiger partial charge in [-0.05, 0) is 85.6 Å². The molecule has 13 heteroatoms. The summed E-state index contributed by atoms with van der Waals surface area (Å²) in [6, 6.07) is 20.6. The summed E-state index contributed by atoms with van der Waals surface area (Å²) in [6.07, 6.45) is 0. The largest absolute Gasteiger partial charge is 0.296 e. The van der Waals surface area contributed by atoms with E-state index in [9.17, 15) is 0 Å². The number of hydrogen-bond acceptors (Lipinski definition) is 3. The number of Topliss-reactive ketones (excluding diaryl/α,β-unsaturated/α-hetero) is 1. The summed E-state index contributed by atoms with van der Waals surface area (Å²) in [5.74, 6) is -0.276. The van der Waals surface area contributed by atoms with Crippen LogP contribution in [0.5, 0.6) is 0 Å². The molecule has 2 aromatic heterocycles. The van der Waals surface area contributed by atoms with Gasteiger partial charge in [0.2, 0.25) is 0 Å². The smallest absolute Gasteiger partial charge is 0.174 e. The molecule has 6 aromatic rings. The van der Waals surface area contributed by atoms with Crippen LogP contribution in [-0.2, 0) is 13.4 Å². The van der Waals surface area contributed by atoms with Crippen molar-refractivity contribution in [3.63, 3.8) is 0 Å². The number of fused-ring (bicyclic) bond motifs is 2. The van der Waals surface area contributed by atoms with Gasteiger partial charge < -0.3 is 0 Å². The van der Waals surface area contributed by atoms with Gasteiger partial charge in [-0.3, -0.25) is 4.79 Å². The molecule has 0 aliphatic carbocycles. The van der Waals surface area contributed by atoms with E-state index >= 15 is 4.79 Å². The Labute approximate surface area is 333 Å². The summed E-state index contributed by atoms with van der Waals surface area (Å²) in [6.45, 7) is 3.53. The molecule has 0 bridgehead atoms. The average molecular weight is 926 g/mol. The van der Waals surface area contributed by atoms with Crippen LogP contribution in [0, 0.1) is 0 Å². The molecule has 3 nitrogen and oxygen atoms in total. The lowest BCUT2D eigenvalue weighted by Crippen LogP contribution is -2.39. The van der Waals surface area contributed by atoms with Gasteiger partial charge in [0, 0.05) is 31.9 Å². The van der Waals surface area contributed by atoms with Crippen molar-refractivity contribution >= 4 is 152 Å². The summed E-state index contributed by atoms with van der Waals surface area (Å²) in [7, 11) is 0. The van der Waals surface area contributed by atoms with Crippen molar-refractivity contribution in [2.45, 2.75) is 22.5 Å². The maximum Gasteiger partial charge on any atom is 0.174 e. The highest BCUT2D eigenvalue weighted by Crippen LogP contribution is 2.49. The van der Waals surface area contributed by atoms with Gasteiger partial charge in [-0.25, -0.2) is 9.97 Å². The fourth-order valence-electron chi connectivity index (χ4n) is 5.57. The van der Waals surface area contributed by atoms with E-state index in [1.807, 2.05) is 12.1 Å². The van der Waals surface area contributed by atoms with Gasteiger partial charge in [0.1, 0.15) is 8.65 Å². The van der Waals surface area contributed by atoms with E-state index in [4.69, 9.17) is 103 Å². The Morgan fingerprint density at radius 2 is 0.896 bits per heavy atom. The number of nitrogens with zero attached hydrogens (tertiary/aromatic N) is 2. The van der Waals surface area contributed by atoms with Crippen LogP contribution in [0.15, 0.2) is 72.8 Å². The second kappa shape index (κ2) is 13.7. The lowest BCUT2D eigenvalue weighted by atomic mass is 9.82. The van der Waals surface area contributed by atoms with E-state index in [1.54, 1.807) is 74.5 Å². The molecule has 4 aromatic carbocycles. The fourth-order valence-corrected chi connectivity index (χ4v) is 8.96. The van der Waals surface area contributed by atoms with E-state index in [-0.39, 0.29) is 5.78 Å². The zero-order valence-electron chi connectivity index (χ0n) is 24.5. The first-order chi connectivity index (χ1) is 22.5. The molecule has 2 heterocycles. The van der Waals surface area contributed by atoms with Gasteiger partial charge in [0.15, 0.2) is 5.78 Å². The molecule has 2 unspecified atom stereocenters. The number of pyridine rings is 2. The highest BCUT2D eigenvalue weighted by Gasteiger charge is 2.46. The summed E-state index contributed by atoms with van der Waals surface area (Å²) in [5.41, 5.74) is 4.40. The second-order valence-corrected chi connectivity index (χ2v) is 17.8. The topological polar surface area (TPSA) is 42.9 Å². The van der Waals surface area contributed by atoms with Gasteiger partial charge in [-0.2, -0.15) is 0 Å². The van der Waals surface area contributed by atoms with Crippen LogP contribution in [0.2, 0.25) is 40.2 Å². The zero-order chi connectivity index (χ0) is 34.9. The van der Waals surface area contributed by atoms with E-state index in [0.29, 0.717) is 95.6 Å². The van der Waals surface area contributed by atoms with Crippen LogP contribution in [0.3, 0.4) is 0 Å². The van der Waals surface area contributed by atoms with Crippen LogP contribution >= 0.6 is 125 Å². The molecule has 2 atom stereocenters. The monoisotopic (exact) mass is 920 g/mol. The summed E-state index contributed by atoms with van der Waals surface area (Å²) >= 11 is 59.2. The first-order valence-corrected chi connectivity index (χ1v) is 18.5. The Morgan fingerprint density at radius 1 is 0.521 bits per heavy atom. The van der Waals surface area contributed by atoms with Crippen molar-refractivity contribution in [1.82, 2.24) is 9.97 Å². The minimum absolute atomic E-state index is 0.276. The molecule has 0 aliphatic rings. The van der Waals surface area contributed by atoms with E-state index in [0.717, 1.165) is 0 Å². The number of hydrogen-bond donors (Lipinski definition) is 0. The summed E-state index contributed by atoms with van der Waals surface area (Å²) in [4.78, 5) is 24.7. The first kappa shape index (κ1) is 36.4. The average Bonchev–Trinajstić information content (AvgIpc) is 3.02. The number of benzene rings is 4. The van der Waals surface area contributed by atoms with Crippen LogP contribution < -0.4 is 0 Å². The maximum atomic E-state index is 15.1. The number of ketones is 1. The number of aromatic nitrogens is 2. The summed E-state index contributed by atoms with van der Waals surface area (Å²) in [5, 5.41) is 4.04. The quantitative estimate of drug-likeness (QED) is 0.156. The lowest BCUT2D eigenvalue weighted by molar-refractivity contribution is -0.122. The molecule has 48 heavy (non-hydrogen) atoms. The molecule has 0 saturated carbocycles. The highest BCUT2D eigenvalue weighted by atomic mass is 79.9. The van der Waals surface area contributed by atoms with E-state index in [2.05, 4.69) is 31.9 Å². The molecule has 0 saturated heterocycles. The van der Waals surface area contributed by atoms with Gasteiger partial charge in [0.25, 0.3) is 0 Å². The number of carbonyl (C=O) groups excluding carboxylic acids is 1. The standard InChI is InChI=1S/C35H18Br2Cl8N2O/c1-34(36,21-13-29(15-3-5-23(40)25(42)7-15)46-31-19(21)9-17(38)11-27(31)44)33(48)35(2,37)22-14-30(16-4-6-24(41)26(43)8-16)47-32-20(22)10-18(39)12-28(32)45/h3-14H,1-2H3. The van der Waals surface area contributed by atoms with Crippen molar-refractivity contribution in [2.24, 2.45) is 0 Å². The van der Waals surface area contributed by atoms with Crippen LogP contribution in [0.25, 0.3) is 44.3 Å². The van der Waals surface area contributed by atoms with Gasteiger partial charge in [-0.1, -0.05) is 137 Å². The molecule has 0 radical (unpaired) electrons. The van der Waals surface area contributed by atoms with Gasteiger partial charge in [-0.15, -0.1) is 0 Å². The molecule has 0 aliphatic heterocycles. The predicted molar refractivity (Wildman–Crippen MR) is 212 cm³/mol. The van der Waals surface area contributed by atoms with Gasteiger partial charge >= 0.3 is 0 Å². The fraction of sp³-hybridized carbons (Fsp3) is 0.114. The molecule has 0 fully saturated rings. The van der Waals surface area contributed by atoms with Crippen molar-refractivity contribution in [2.75, 3.05) is 0 Å². The van der Waals surface area contributed by atoms with Crippen molar-refractivity contribution in [3.05, 3.63) is 124 Å². The highest BCUT2D eigenvalue weighted by molar-refractivity contribution is 9.10. The molecule has 0 amide bonds. The molecule has 0 spiro atoms. The van der Waals surface area contributed by atoms with Crippen LogP contribution in [-0.4, -0.2) is 15.8 Å². The minimum atomic E-state index is -1.35. The van der Waals surface area contributed by atoms with Crippen molar-refractivity contribution in [1.29, 1.82) is 0 Å². The molecule has 244 valence electrons. The number of halogens is 10. The predicted octanol–water partition coefficient (Wildman–Crippen LogP) is 14.8. The Bertz CT molecular complexity index is 2170. The molecular formula is C35H18Br2Cl8N2O. The Hall–Kier alpha value is -1.35. The van der Waals surface area contributed by atoms with Gasteiger partial charge in [0.05, 0.1) is 52.6 Å². The Morgan fingerprint density at radius 3 is 1.25 bits per heavy atom. The second-order valence-electron chi connectivity index (χ2n) is 11.3. The molecule has 0 N–H and O–H groups in total. The van der Waals surface area contributed by atoms with E-state index < -0.39 is 8.65 Å². The number of carbonyl (C=O) groups is 1. The van der Waals surface area contributed by atoms with Crippen LogP contribution in [0.1, 0.15) is 25.0 Å². The Kier molecular flexibility index (Phi) is 10.4. The number of rotatable bonds is 6.